The number of nitrogens with zero attached hydrogens (tertiary/aromatic N) is 1. The topological polar surface area (TPSA) is 76.1 Å². The first kappa shape index (κ1) is 18.3. The van der Waals surface area contributed by atoms with E-state index in [0.717, 1.165) is 41.7 Å². The lowest BCUT2D eigenvalue weighted by Gasteiger charge is -2.30. The molecule has 0 bridgehead atoms. The lowest BCUT2D eigenvalue weighted by molar-refractivity contribution is -0.125. The van der Waals surface area contributed by atoms with Crippen molar-refractivity contribution in [2.24, 2.45) is 0 Å². The number of carbonyl (C=O) groups is 2. The highest BCUT2D eigenvalue weighted by Crippen LogP contribution is 2.44. The summed E-state index contributed by atoms with van der Waals surface area (Å²) in [6, 6.07) is 5.57. The molecule has 1 atom stereocenters. The predicted octanol–water partition coefficient (Wildman–Crippen LogP) is 3.74. The fourth-order valence-electron chi connectivity index (χ4n) is 3.92. The van der Waals surface area contributed by atoms with E-state index in [1.165, 1.54) is 0 Å². The molecule has 1 saturated carbocycles. The van der Waals surface area contributed by atoms with Crippen LogP contribution in [-0.4, -0.2) is 41.8 Å². The smallest absolute Gasteiger partial charge is 0.414 e. The average molecular weight is 359 g/mol. The van der Waals surface area contributed by atoms with Crippen LogP contribution >= 0.6 is 0 Å². The van der Waals surface area contributed by atoms with Crippen LogP contribution in [0.1, 0.15) is 44.6 Å². The Morgan fingerprint density at radius 1 is 1.31 bits per heavy atom. The summed E-state index contributed by atoms with van der Waals surface area (Å²) in [6.45, 7) is 5.95. The molecule has 2 aliphatic rings. The number of hydrogen-bond acceptors (Lipinski definition) is 4. The quantitative estimate of drug-likeness (QED) is 0.811. The Morgan fingerprint density at radius 2 is 2.00 bits per heavy atom. The SMILES string of the molecule is C=C(C)C1(c2ccc(OC)c(OC3CCCC3)c2)CC(=O)N(C(=O)O)C1. The first-order chi connectivity index (χ1) is 12.4. The van der Waals surface area contributed by atoms with Gasteiger partial charge in [0.1, 0.15) is 0 Å². The molecule has 1 aromatic rings. The van der Waals surface area contributed by atoms with Gasteiger partial charge in [-0.05, 0) is 50.3 Å². The van der Waals surface area contributed by atoms with Gasteiger partial charge in [0.2, 0.25) is 5.91 Å². The fourth-order valence-corrected chi connectivity index (χ4v) is 3.92. The molecule has 3 rings (SSSR count). The first-order valence-electron chi connectivity index (χ1n) is 8.92. The van der Waals surface area contributed by atoms with Crippen LogP contribution in [-0.2, 0) is 10.2 Å². The van der Waals surface area contributed by atoms with Crippen LogP contribution in [0, 0.1) is 0 Å². The van der Waals surface area contributed by atoms with Crippen LogP contribution in [0.4, 0.5) is 4.79 Å². The van der Waals surface area contributed by atoms with Crippen molar-refractivity contribution < 1.29 is 24.2 Å². The number of benzene rings is 1. The van der Waals surface area contributed by atoms with Gasteiger partial charge in [0.25, 0.3) is 0 Å². The summed E-state index contributed by atoms with van der Waals surface area (Å²) >= 11 is 0. The lowest BCUT2D eigenvalue weighted by atomic mass is 9.74. The summed E-state index contributed by atoms with van der Waals surface area (Å²) in [5, 5.41) is 9.30. The van der Waals surface area contributed by atoms with Gasteiger partial charge in [0, 0.05) is 18.4 Å². The summed E-state index contributed by atoms with van der Waals surface area (Å²) in [4.78, 5) is 24.5. The molecule has 0 aromatic heterocycles. The normalized spacial score (nSPS) is 23.3. The maximum absolute atomic E-state index is 12.2. The number of amides is 2. The fraction of sp³-hybridized carbons (Fsp3) is 0.500. The van der Waals surface area contributed by atoms with E-state index in [4.69, 9.17) is 9.47 Å². The third kappa shape index (κ3) is 3.16. The van der Waals surface area contributed by atoms with Crippen molar-refractivity contribution in [3.8, 4) is 11.5 Å². The molecule has 1 unspecified atom stereocenters. The molecule has 0 radical (unpaired) electrons. The minimum absolute atomic E-state index is 0.0751. The van der Waals surface area contributed by atoms with Gasteiger partial charge in [-0.25, -0.2) is 9.69 Å². The van der Waals surface area contributed by atoms with Crippen LogP contribution in [0.15, 0.2) is 30.4 Å². The third-order valence-corrected chi connectivity index (χ3v) is 5.54. The van der Waals surface area contributed by atoms with E-state index in [1.807, 2.05) is 25.1 Å². The molecular weight excluding hydrogens is 334 g/mol. The number of imide groups is 1. The number of hydrogen-bond donors (Lipinski definition) is 1. The maximum Gasteiger partial charge on any atom is 0.414 e. The number of methoxy groups -OCH3 is 1. The average Bonchev–Trinajstić information content (AvgIpc) is 3.23. The van der Waals surface area contributed by atoms with Crippen LogP contribution in [0.3, 0.4) is 0 Å². The van der Waals surface area contributed by atoms with E-state index in [-0.39, 0.29) is 19.1 Å². The minimum Gasteiger partial charge on any atom is -0.493 e. The van der Waals surface area contributed by atoms with E-state index >= 15 is 0 Å². The number of carboxylic acid groups (broad SMARTS) is 1. The Kier molecular flexibility index (Phi) is 4.94. The first-order valence-corrected chi connectivity index (χ1v) is 8.92. The molecule has 6 heteroatoms. The summed E-state index contributed by atoms with van der Waals surface area (Å²) in [5.74, 6) is 0.866. The van der Waals surface area contributed by atoms with Gasteiger partial charge in [-0.1, -0.05) is 18.2 Å². The molecule has 1 heterocycles. The van der Waals surface area contributed by atoms with Crippen LogP contribution in [0.25, 0.3) is 0 Å². The molecule has 1 aliphatic carbocycles. The second kappa shape index (κ2) is 7.02. The number of likely N-dealkylation sites (tertiary alicyclic amines) is 1. The third-order valence-electron chi connectivity index (χ3n) is 5.54. The molecule has 1 saturated heterocycles. The van der Waals surface area contributed by atoms with Crippen LogP contribution < -0.4 is 9.47 Å². The zero-order chi connectivity index (χ0) is 18.9. The van der Waals surface area contributed by atoms with Crippen molar-refractivity contribution in [1.82, 2.24) is 4.90 Å². The highest BCUT2D eigenvalue weighted by Gasteiger charge is 2.47. The highest BCUT2D eigenvalue weighted by molar-refractivity contribution is 5.95. The van der Waals surface area contributed by atoms with Crippen molar-refractivity contribution in [2.75, 3.05) is 13.7 Å². The van der Waals surface area contributed by atoms with E-state index in [9.17, 15) is 14.7 Å². The Labute approximate surface area is 153 Å². The van der Waals surface area contributed by atoms with Gasteiger partial charge in [-0.3, -0.25) is 4.79 Å². The molecule has 140 valence electrons. The second-order valence-electron chi connectivity index (χ2n) is 7.19. The Morgan fingerprint density at radius 3 is 2.54 bits per heavy atom. The van der Waals surface area contributed by atoms with Gasteiger partial charge in [-0.2, -0.15) is 0 Å². The minimum atomic E-state index is -1.23. The summed E-state index contributed by atoms with van der Waals surface area (Å²) in [5.41, 5.74) is 0.845. The molecule has 6 nitrogen and oxygen atoms in total. The Hall–Kier alpha value is -2.50. The number of carbonyl (C=O) groups excluding carboxylic acids is 1. The monoisotopic (exact) mass is 359 g/mol. The van der Waals surface area contributed by atoms with Crippen molar-refractivity contribution in [3.05, 3.63) is 35.9 Å². The molecule has 2 fully saturated rings. The zero-order valence-electron chi connectivity index (χ0n) is 15.3. The summed E-state index contributed by atoms with van der Waals surface area (Å²) < 4.78 is 11.6. The second-order valence-corrected chi connectivity index (χ2v) is 7.19. The molecule has 0 spiro atoms. The van der Waals surface area contributed by atoms with Gasteiger partial charge in [0.15, 0.2) is 11.5 Å². The van der Waals surface area contributed by atoms with E-state index in [2.05, 4.69) is 6.58 Å². The molecule has 1 aliphatic heterocycles. The van der Waals surface area contributed by atoms with Crippen LogP contribution in [0.5, 0.6) is 11.5 Å². The Balaban J connectivity index is 1.99. The van der Waals surface area contributed by atoms with Crippen molar-refractivity contribution in [2.45, 2.75) is 50.5 Å². The molecule has 1 aromatic carbocycles. The molecule has 1 N–H and O–H groups in total. The predicted molar refractivity (Wildman–Crippen MR) is 96.7 cm³/mol. The zero-order valence-corrected chi connectivity index (χ0v) is 15.3. The molecule has 26 heavy (non-hydrogen) atoms. The largest absolute Gasteiger partial charge is 0.493 e. The highest BCUT2D eigenvalue weighted by atomic mass is 16.5. The standard InChI is InChI=1S/C20H25NO5/c1-13(2)20(11-18(22)21(12-20)19(23)24)14-8-9-16(25-3)17(10-14)26-15-6-4-5-7-15/h8-10,15H,1,4-7,11-12H2,2-3H3,(H,23,24). The summed E-state index contributed by atoms with van der Waals surface area (Å²) in [6.07, 6.45) is 3.38. The van der Waals surface area contributed by atoms with Gasteiger partial charge in [0.05, 0.1) is 13.2 Å². The van der Waals surface area contributed by atoms with Gasteiger partial charge in [-0.15, -0.1) is 0 Å². The van der Waals surface area contributed by atoms with Gasteiger partial charge < -0.3 is 14.6 Å². The van der Waals surface area contributed by atoms with E-state index < -0.39 is 17.4 Å². The maximum atomic E-state index is 12.2. The van der Waals surface area contributed by atoms with Crippen molar-refractivity contribution in [1.29, 1.82) is 0 Å². The van der Waals surface area contributed by atoms with E-state index in [1.54, 1.807) is 7.11 Å². The number of rotatable bonds is 5. The van der Waals surface area contributed by atoms with Gasteiger partial charge >= 0.3 is 6.09 Å². The lowest BCUT2D eigenvalue weighted by Crippen LogP contribution is -2.35. The van der Waals surface area contributed by atoms with Crippen molar-refractivity contribution in [3.63, 3.8) is 0 Å². The molecule has 2 amide bonds. The van der Waals surface area contributed by atoms with Crippen molar-refractivity contribution >= 4 is 12.0 Å². The van der Waals surface area contributed by atoms with E-state index in [0.29, 0.717) is 11.5 Å². The molecular formula is C20H25NO5. The van der Waals surface area contributed by atoms with Crippen LogP contribution in [0.2, 0.25) is 0 Å². The Bertz CT molecular complexity index is 738. The summed E-state index contributed by atoms with van der Waals surface area (Å²) in [7, 11) is 1.59. The number of ether oxygens (including phenoxy) is 2.